The van der Waals surface area contributed by atoms with Gasteiger partial charge in [0.2, 0.25) is 5.78 Å². The van der Waals surface area contributed by atoms with Crippen molar-refractivity contribution in [3.05, 3.63) is 61.2 Å². The number of carbonyl (C=O) groups excluding carboxylic acids is 3. The average Bonchev–Trinajstić information content (AvgIpc) is 3.45. The molecule has 182 valence electrons. The van der Waals surface area contributed by atoms with E-state index in [4.69, 9.17) is 9.47 Å². The fraction of sp³-hybridized carbons (Fsp3) is 0.292. The zero-order chi connectivity index (χ0) is 25.6. The number of Topliss-reactive ketones (excluding diaryl/α,β-unsaturated/α-hetero) is 2. The first-order valence-corrected chi connectivity index (χ1v) is 12.2. The zero-order valence-electron chi connectivity index (χ0n) is 20.0. The lowest BCUT2D eigenvalue weighted by Crippen LogP contribution is -2.31. The van der Waals surface area contributed by atoms with Crippen LogP contribution in [0.1, 0.15) is 54.3 Å². The lowest BCUT2D eigenvalue weighted by Gasteiger charge is -2.25. The number of aryl methyl sites for hydroxylation is 3. The third kappa shape index (κ3) is 4.10. The van der Waals surface area contributed by atoms with Crippen molar-refractivity contribution in [2.24, 2.45) is 0 Å². The predicted octanol–water partition coefficient (Wildman–Crippen LogP) is 4.53. The average molecular weight is 514 g/mol. The molecule has 1 atom stereocenters. The summed E-state index contributed by atoms with van der Waals surface area (Å²) in [6, 6.07) is 3.98. The molecule has 9 nitrogen and oxygen atoms in total. The van der Waals surface area contributed by atoms with E-state index in [1.807, 2.05) is 0 Å². The Balaban J connectivity index is 1.93. The number of ether oxygens (including phenoxy) is 2. The van der Waals surface area contributed by atoms with Crippen molar-refractivity contribution in [1.82, 2.24) is 9.97 Å². The predicted molar refractivity (Wildman–Crippen MR) is 132 cm³/mol. The first kappa shape index (κ1) is 24.6. The van der Waals surface area contributed by atoms with E-state index in [0.717, 1.165) is 11.3 Å². The molecule has 0 bridgehead atoms. The SMILES string of the molecule is COc1ccc(C2C(C(=O)c3sc(C)nc3C)=C(O)C(=O)N2c2nc(C)c(C(C)=O)s2)cc1OC. The maximum absolute atomic E-state index is 13.7. The lowest BCUT2D eigenvalue weighted by molar-refractivity contribution is -0.117. The second kappa shape index (κ2) is 9.23. The minimum absolute atomic E-state index is 0.0915. The molecule has 3 heterocycles. The van der Waals surface area contributed by atoms with Crippen molar-refractivity contribution in [3.63, 3.8) is 0 Å². The molecule has 4 rings (SSSR count). The number of anilines is 1. The second-order valence-electron chi connectivity index (χ2n) is 7.90. The van der Waals surface area contributed by atoms with E-state index < -0.39 is 23.5 Å². The first-order valence-electron chi connectivity index (χ1n) is 10.5. The van der Waals surface area contributed by atoms with Gasteiger partial charge in [0.05, 0.1) is 52.0 Å². The van der Waals surface area contributed by atoms with Gasteiger partial charge in [-0.3, -0.25) is 19.3 Å². The molecule has 3 aromatic rings. The van der Waals surface area contributed by atoms with Crippen LogP contribution in [-0.4, -0.2) is 46.8 Å². The molecule has 0 fully saturated rings. The topological polar surface area (TPSA) is 119 Å². The van der Waals surface area contributed by atoms with Crippen LogP contribution in [0.3, 0.4) is 0 Å². The number of rotatable bonds is 7. The van der Waals surface area contributed by atoms with Gasteiger partial charge in [-0.1, -0.05) is 17.4 Å². The summed E-state index contributed by atoms with van der Waals surface area (Å²) in [4.78, 5) is 49.9. The molecule has 1 amide bonds. The van der Waals surface area contributed by atoms with Gasteiger partial charge in [0.15, 0.2) is 28.2 Å². The molecule has 35 heavy (non-hydrogen) atoms. The van der Waals surface area contributed by atoms with Gasteiger partial charge in [0.25, 0.3) is 5.91 Å². The largest absolute Gasteiger partial charge is 0.503 e. The van der Waals surface area contributed by atoms with Gasteiger partial charge < -0.3 is 14.6 Å². The van der Waals surface area contributed by atoms with Crippen molar-refractivity contribution >= 4 is 45.3 Å². The van der Waals surface area contributed by atoms with E-state index >= 15 is 0 Å². The van der Waals surface area contributed by atoms with Crippen LogP contribution in [0.2, 0.25) is 0 Å². The third-order valence-electron chi connectivity index (χ3n) is 5.60. The zero-order valence-corrected chi connectivity index (χ0v) is 21.6. The van der Waals surface area contributed by atoms with Crippen molar-refractivity contribution in [2.75, 3.05) is 19.1 Å². The van der Waals surface area contributed by atoms with E-state index in [0.29, 0.717) is 43.2 Å². The van der Waals surface area contributed by atoms with Gasteiger partial charge in [0, 0.05) is 6.92 Å². The molecule has 0 saturated carbocycles. The first-order chi connectivity index (χ1) is 16.6. The number of methoxy groups -OCH3 is 2. The smallest absolute Gasteiger partial charge is 0.296 e. The second-order valence-corrected chi connectivity index (χ2v) is 10.1. The van der Waals surface area contributed by atoms with Gasteiger partial charge in [-0.05, 0) is 38.5 Å². The summed E-state index contributed by atoms with van der Waals surface area (Å²) in [5.41, 5.74) is 1.38. The highest BCUT2D eigenvalue weighted by atomic mass is 32.1. The number of benzene rings is 1. The number of amides is 1. The van der Waals surface area contributed by atoms with E-state index in [1.165, 1.54) is 37.4 Å². The summed E-state index contributed by atoms with van der Waals surface area (Å²) in [5, 5.41) is 11.9. The van der Waals surface area contributed by atoms with E-state index in [9.17, 15) is 19.5 Å². The number of ketones is 2. The number of carbonyl (C=O) groups is 3. The molecule has 1 aliphatic rings. The molecular formula is C24H23N3O6S2. The molecule has 2 aromatic heterocycles. The van der Waals surface area contributed by atoms with Crippen LogP contribution in [0, 0.1) is 20.8 Å². The Labute approximate surface area is 209 Å². The van der Waals surface area contributed by atoms with Crippen LogP contribution in [0.4, 0.5) is 5.13 Å². The highest BCUT2D eigenvalue weighted by Gasteiger charge is 2.47. The normalized spacial score (nSPS) is 15.7. The molecule has 1 unspecified atom stereocenters. The number of aliphatic hydroxyl groups excluding tert-OH is 1. The Morgan fingerprint density at radius 3 is 2.20 bits per heavy atom. The monoisotopic (exact) mass is 513 g/mol. The van der Waals surface area contributed by atoms with Gasteiger partial charge in [-0.2, -0.15) is 0 Å². The molecule has 1 aliphatic heterocycles. The van der Waals surface area contributed by atoms with Gasteiger partial charge >= 0.3 is 0 Å². The van der Waals surface area contributed by atoms with Crippen molar-refractivity contribution in [1.29, 1.82) is 0 Å². The van der Waals surface area contributed by atoms with Crippen LogP contribution in [-0.2, 0) is 4.79 Å². The van der Waals surface area contributed by atoms with E-state index in [2.05, 4.69) is 9.97 Å². The minimum Gasteiger partial charge on any atom is -0.503 e. The summed E-state index contributed by atoms with van der Waals surface area (Å²) < 4.78 is 10.8. The summed E-state index contributed by atoms with van der Waals surface area (Å²) in [6.07, 6.45) is 0. The Morgan fingerprint density at radius 2 is 1.66 bits per heavy atom. The van der Waals surface area contributed by atoms with Crippen molar-refractivity contribution in [3.8, 4) is 11.5 Å². The van der Waals surface area contributed by atoms with Crippen molar-refractivity contribution in [2.45, 2.75) is 33.7 Å². The van der Waals surface area contributed by atoms with Crippen LogP contribution < -0.4 is 14.4 Å². The minimum atomic E-state index is -1.01. The molecule has 1 aromatic carbocycles. The Morgan fingerprint density at radius 1 is 1.00 bits per heavy atom. The molecule has 1 N–H and O–H groups in total. The Hall–Kier alpha value is -3.57. The number of aromatic nitrogens is 2. The number of thiazole rings is 2. The fourth-order valence-corrected chi connectivity index (χ4v) is 5.91. The highest BCUT2D eigenvalue weighted by Crippen LogP contribution is 2.45. The summed E-state index contributed by atoms with van der Waals surface area (Å²) in [7, 11) is 2.98. The maximum Gasteiger partial charge on any atom is 0.296 e. The quantitative estimate of drug-likeness (QED) is 0.458. The van der Waals surface area contributed by atoms with Crippen LogP contribution in [0.15, 0.2) is 29.5 Å². The molecule has 0 saturated heterocycles. The maximum atomic E-state index is 13.7. The molecule has 0 radical (unpaired) electrons. The molecular weight excluding hydrogens is 490 g/mol. The summed E-state index contributed by atoms with van der Waals surface area (Å²) in [5.74, 6) is -1.29. The van der Waals surface area contributed by atoms with Crippen LogP contribution in [0.5, 0.6) is 11.5 Å². The van der Waals surface area contributed by atoms with E-state index in [-0.39, 0.29) is 16.5 Å². The van der Waals surface area contributed by atoms with Crippen LogP contribution in [0.25, 0.3) is 0 Å². The molecule has 0 aliphatic carbocycles. The lowest BCUT2D eigenvalue weighted by atomic mass is 9.95. The number of hydrogen-bond donors (Lipinski definition) is 1. The number of aliphatic hydroxyl groups is 1. The molecule has 11 heteroatoms. The van der Waals surface area contributed by atoms with Gasteiger partial charge in [0.1, 0.15) is 0 Å². The summed E-state index contributed by atoms with van der Waals surface area (Å²) in [6.45, 7) is 6.58. The van der Waals surface area contributed by atoms with Crippen LogP contribution >= 0.6 is 22.7 Å². The third-order valence-corrected chi connectivity index (χ3v) is 7.93. The molecule has 0 spiro atoms. The standard InChI is InChI=1S/C24H23N3O6S2/c1-10-21(12(3)28)35-24(26-10)27-18(14-7-8-15(32-5)16(9-14)33-6)17(20(30)23(27)31)19(29)22-11(2)25-13(4)34-22/h7-9,18,30H,1-6H3. The number of hydrogen-bond acceptors (Lipinski definition) is 10. The van der Waals surface area contributed by atoms with Gasteiger partial charge in [-0.15, -0.1) is 11.3 Å². The Kier molecular flexibility index (Phi) is 6.48. The summed E-state index contributed by atoms with van der Waals surface area (Å²) >= 11 is 2.23. The highest BCUT2D eigenvalue weighted by molar-refractivity contribution is 7.17. The fourth-order valence-electron chi connectivity index (χ4n) is 4.05. The Bertz CT molecular complexity index is 1400. The van der Waals surface area contributed by atoms with E-state index in [1.54, 1.807) is 39.0 Å². The number of nitrogens with zero attached hydrogens (tertiary/aromatic N) is 3. The van der Waals surface area contributed by atoms with Gasteiger partial charge in [-0.25, -0.2) is 9.97 Å². The van der Waals surface area contributed by atoms with Crippen molar-refractivity contribution < 1.29 is 29.0 Å².